The van der Waals surface area contributed by atoms with Crippen molar-refractivity contribution in [1.82, 2.24) is 46.6 Å². The second-order valence-corrected chi connectivity index (χ2v) is 25.4. The Morgan fingerprint density at radius 3 is 0.802 bits per heavy atom. The summed E-state index contributed by atoms with van der Waals surface area (Å²) < 4.78 is 20.1. The van der Waals surface area contributed by atoms with E-state index in [-0.39, 0.29) is 102 Å². The number of carbonyl (C=O) groups excluding carboxylic acids is 19. The number of esters is 4. The number of ether oxygens (including phenoxy) is 4. The quantitative estimate of drug-likeness (QED) is 0.0350. The maximum absolute atomic E-state index is 13.4. The summed E-state index contributed by atoms with van der Waals surface area (Å²) in [5, 5.41) is 14.3. The van der Waals surface area contributed by atoms with Crippen molar-refractivity contribution in [2.24, 2.45) is 0 Å². The van der Waals surface area contributed by atoms with Crippen LogP contribution in [0.2, 0.25) is 0 Å². The van der Waals surface area contributed by atoms with Crippen molar-refractivity contribution in [3.63, 3.8) is 0 Å². The fourth-order valence-electron chi connectivity index (χ4n) is 8.05. The molecule has 0 unspecified atom stereocenters. The Kier molecular flexibility index (Phi) is 42.0. The molecule has 0 fully saturated rings. The number of rotatable bonds is 49. The van der Waals surface area contributed by atoms with E-state index in [2.05, 4.69) is 36.6 Å². The number of hydrogen-bond acceptors (Lipinski definition) is 23. The average Bonchev–Trinajstić information content (AvgIpc) is 1.36. The molecule has 0 saturated carbocycles. The number of nitrogens with one attached hydrogen (secondary N) is 6. The van der Waals surface area contributed by atoms with Crippen molar-refractivity contribution in [2.45, 2.75) is 208 Å². The van der Waals surface area contributed by atoms with Crippen LogP contribution in [0.25, 0.3) is 0 Å². The monoisotopic (exact) mass is 1360 g/mol. The van der Waals surface area contributed by atoms with Crippen molar-refractivity contribution >= 4 is 112 Å². The molecule has 0 heterocycles. The number of methoxy groups -OCH3 is 1. The molecule has 0 atom stereocenters. The first-order chi connectivity index (χ1) is 44.7. The Bertz CT molecular complexity index is 2740. The Hall–Kier alpha value is -8.87. The van der Waals surface area contributed by atoms with Crippen LogP contribution >= 0.6 is 0 Å². The molecule has 6 N–H and O–H groups in total. The second kappa shape index (κ2) is 46.3. The molecule has 0 rings (SSSR count). The molecule has 0 aliphatic heterocycles. The molecule has 32 nitrogen and oxygen atoms in total. The van der Waals surface area contributed by atoms with Gasteiger partial charge in [0.25, 0.3) is 0 Å². The van der Waals surface area contributed by atoms with E-state index < -0.39 is 207 Å². The van der Waals surface area contributed by atoms with E-state index in [9.17, 15) is 91.1 Å². The standard InChI is InChI=1S/C64H101N9O23/c1-12-13-16-43(74)33-65-49(80)22-19-46(77)39-71(55(86)36-68-52(83)25-28-58(89)94-62(2,3)4)31-14-17-44(75)34-66-50(81)23-20-47(78)40-72(56(87)37-69-53(84)26-29-59(90)95-63(5,6)7)32-15-18-45(76)35-67-51(82)24-21-48(79)41-73(42-61(92)93-11)57(88)38-70-54(85)27-30-60(91)96-64(8,9)10/h12-42H2,1-11H3,(H,65,80)(H,66,81)(H,67,82)(H,68,83)(H,69,84)(H,70,85). The predicted octanol–water partition coefficient (Wildman–Crippen LogP) is 0.214. The summed E-state index contributed by atoms with van der Waals surface area (Å²) in [6.45, 7) is 10.9. The average molecular weight is 1360 g/mol. The molecule has 32 heteroatoms. The Labute approximate surface area is 560 Å². The highest BCUT2D eigenvalue weighted by molar-refractivity contribution is 5.96. The van der Waals surface area contributed by atoms with Gasteiger partial charge in [-0.2, -0.15) is 0 Å². The number of unbranched alkanes of at least 4 members (excludes halogenated alkanes) is 1. The summed E-state index contributed by atoms with van der Waals surface area (Å²) in [5.74, 6) is -12.3. The van der Waals surface area contributed by atoms with Gasteiger partial charge < -0.3 is 65.5 Å². The lowest BCUT2D eigenvalue weighted by Crippen LogP contribution is -2.45. The first kappa shape index (κ1) is 87.1. The summed E-state index contributed by atoms with van der Waals surface area (Å²) in [4.78, 5) is 243. The molecule has 0 bridgehead atoms. The highest BCUT2D eigenvalue weighted by Gasteiger charge is 2.26. The smallest absolute Gasteiger partial charge is 0.325 e. The van der Waals surface area contributed by atoms with Crippen LogP contribution in [0.4, 0.5) is 0 Å². The van der Waals surface area contributed by atoms with Gasteiger partial charge in [0.2, 0.25) is 53.2 Å². The van der Waals surface area contributed by atoms with Crippen molar-refractivity contribution in [3.8, 4) is 0 Å². The summed E-state index contributed by atoms with van der Waals surface area (Å²) in [7, 11) is 1.05. The van der Waals surface area contributed by atoms with Gasteiger partial charge in [-0.15, -0.1) is 0 Å². The molecule has 9 amide bonds. The molecule has 0 radical (unpaired) electrons. The summed E-state index contributed by atoms with van der Waals surface area (Å²) >= 11 is 0. The van der Waals surface area contributed by atoms with E-state index in [4.69, 9.17) is 14.2 Å². The van der Waals surface area contributed by atoms with Gasteiger partial charge in [0.15, 0.2) is 34.7 Å². The Morgan fingerprint density at radius 1 is 0.281 bits per heavy atom. The number of carbonyl (C=O) groups is 19. The fraction of sp³-hybridized carbons (Fsp3) is 0.703. The van der Waals surface area contributed by atoms with Crippen molar-refractivity contribution in [3.05, 3.63) is 0 Å². The molecule has 540 valence electrons. The molecular weight excluding hydrogens is 1260 g/mol. The lowest BCUT2D eigenvalue weighted by Gasteiger charge is -2.22. The van der Waals surface area contributed by atoms with Crippen LogP contribution in [0.3, 0.4) is 0 Å². The third-order valence-corrected chi connectivity index (χ3v) is 12.9. The third kappa shape index (κ3) is 47.9. The van der Waals surface area contributed by atoms with Crippen LogP contribution in [0, 0.1) is 0 Å². The molecule has 0 aromatic rings. The van der Waals surface area contributed by atoms with Gasteiger partial charge in [0, 0.05) is 90.1 Å². The van der Waals surface area contributed by atoms with Gasteiger partial charge in [-0.05, 0) is 81.6 Å². The Morgan fingerprint density at radius 2 is 0.531 bits per heavy atom. The van der Waals surface area contributed by atoms with Crippen LogP contribution < -0.4 is 31.9 Å². The van der Waals surface area contributed by atoms with Gasteiger partial charge in [0.05, 0.1) is 85.3 Å². The van der Waals surface area contributed by atoms with Crippen molar-refractivity contribution in [2.75, 3.05) is 85.6 Å². The Balaban J connectivity index is 5.65. The SMILES string of the molecule is CCCCC(=O)CNC(=O)CCC(=O)CN(CCCC(=O)CNC(=O)CCC(=O)CN(CCCC(=O)CNC(=O)CCC(=O)CN(CC(=O)OC)C(=O)CNC(=O)CCC(=O)OC(C)(C)C)C(=O)CNC(=O)CCC(=O)OC(C)(C)C)C(=O)CNC(=O)CCC(=O)OC(C)(C)C. The van der Waals surface area contributed by atoms with E-state index >= 15 is 0 Å². The maximum Gasteiger partial charge on any atom is 0.325 e. The zero-order valence-corrected chi connectivity index (χ0v) is 57.7. The van der Waals surface area contributed by atoms with Crippen LogP contribution in [0.15, 0.2) is 0 Å². The molecular formula is C64H101N9O23. The first-order valence-electron chi connectivity index (χ1n) is 32.0. The largest absolute Gasteiger partial charge is 0.468 e. The van der Waals surface area contributed by atoms with Crippen LogP contribution in [0.5, 0.6) is 0 Å². The molecule has 0 aromatic heterocycles. The molecule has 0 aromatic carbocycles. The highest BCUT2D eigenvalue weighted by atomic mass is 16.6. The van der Waals surface area contributed by atoms with Gasteiger partial charge in [0.1, 0.15) is 23.3 Å². The topological polar surface area (TPSA) is 443 Å². The summed E-state index contributed by atoms with van der Waals surface area (Å²) in [6.07, 6.45) is -2.89. The normalized spacial score (nSPS) is 11.1. The molecule has 0 saturated heterocycles. The van der Waals surface area contributed by atoms with E-state index in [1.54, 1.807) is 62.3 Å². The lowest BCUT2D eigenvalue weighted by molar-refractivity contribution is -0.156. The van der Waals surface area contributed by atoms with Crippen LogP contribution in [-0.4, -0.2) is 229 Å². The lowest BCUT2D eigenvalue weighted by atomic mass is 10.1. The van der Waals surface area contributed by atoms with E-state index in [1.165, 1.54) is 0 Å². The number of hydrogen-bond donors (Lipinski definition) is 6. The van der Waals surface area contributed by atoms with Gasteiger partial charge >= 0.3 is 23.9 Å². The number of ketones is 6. The molecule has 0 aliphatic carbocycles. The molecule has 0 spiro atoms. The van der Waals surface area contributed by atoms with E-state index in [0.29, 0.717) is 12.8 Å². The van der Waals surface area contributed by atoms with Gasteiger partial charge in [-0.1, -0.05) is 13.3 Å². The predicted molar refractivity (Wildman–Crippen MR) is 341 cm³/mol. The number of Topliss-reactive ketones (excluding diaryl/α,β-unsaturated/α-hetero) is 6. The minimum absolute atomic E-state index is 0.0165. The minimum Gasteiger partial charge on any atom is -0.468 e. The summed E-state index contributed by atoms with van der Waals surface area (Å²) in [5.41, 5.74) is -2.38. The van der Waals surface area contributed by atoms with E-state index in [1.807, 2.05) is 6.92 Å². The number of nitrogens with zero attached hydrogens (tertiary/aromatic N) is 3. The molecule has 0 aliphatic rings. The van der Waals surface area contributed by atoms with Crippen LogP contribution in [-0.2, 0) is 110 Å². The zero-order valence-electron chi connectivity index (χ0n) is 57.7. The van der Waals surface area contributed by atoms with Gasteiger partial charge in [-0.25, -0.2) is 0 Å². The van der Waals surface area contributed by atoms with Crippen molar-refractivity contribution < 1.29 is 110 Å². The fourth-order valence-corrected chi connectivity index (χ4v) is 8.05. The second-order valence-electron chi connectivity index (χ2n) is 25.4. The summed E-state index contributed by atoms with van der Waals surface area (Å²) in [6, 6.07) is 0. The molecule has 96 heavy (non-hydrogen) atoms. The number of amides is 9. The zero-order chi connectivity index (χ0) is 73.2. The third-order valence-electron chi connectivity index (χ3n) is 12.9. The maximum atomic E-state index is 13.4. The van der Waals surface area contributed by atoms with E-state index in [0.717, 1.165) is 28.2 Å². The first-order valence-corrected chi connectivity index (χ1v) is 32.0. The highest BCUT2D eigenvalue weighted by Crippen LogP contribution is 2.13. The van der Waals surface area contributed by atoms with Crippen molar-refractivity contribution in [1.29, 1.82) is 0 Å². The minimum atomic E-state index is -0.886. The van der Waals surface area contributed by atoms with Gasteiger partial charge in [-0.3, -0.25) is 91.1 Å². The van der Waals surface area contributed by atoms with Crippen LogP contribution in [0.1, 0.15) is 191 Å².